The number of nitrogen functional groups attached to an aromatic ring is 1. The van der Waals surface area contributed by atoms with Gasteiger partial charge in [-0.15, -0.1) is 0 Å². The van der Waals surface area contributed by atoms with Crippen LogP contribution in [0.15, 0.2) is 36.4 Å². The lowest BCUT2D eigenvalue weighted by atomic mass is 10.00. The van der Waals surface area contributed by atoms with E-state index in [4.69, 9.17) is 5.73 Å². The average Bonchev–Trinajstić information content (AvgIpc) is 2.48. The monoisotopic (exact) mass is 282 g/mol. The van der Waals surface area contributed by atoms with Crippen molar-refractivity contribution in [1.29, 1.82) is 0 Å². The minimum atomic E-state index is -0.0512. The van der Waals surface area contributed by atoms with Gasteiger partial charge in [-0.3, -0.25) is 4.79 Å². The van der Waals surface area contributed by atoms with Crippen LogP contribution in [0.2, 0.25) is 0 Å². The van der Waals surface area contributed by atoms with Crippen molar-refractivity contribution in [2.24, 2.45) is 0 Å². The first-order chi connectivity index (χ1) is 10.1. The predicted octanol–water partition coefficient (Wildman–Crippen LogP) is 2.88. The SMILES string of the molecule is Cc1cc(C(=O)N2CCCc3ccc(N)cc32)ccc1O. The van der Waals surface area contributed by atoms with E-state index >= 15 is 0 Å². The van der Waals surface area contributed by atoms with E-state index in [1.54, 1.807) is 30.0 Å². The summed E-state index contributed by atoms with van der Waals surface area (Å²) >= 11 is 0. The van der Waals surface area contributed by atoms with Gasteiger partial charge >= 0.3 is 0 Å². The van der Waals surface area contributed by atoms with Crippen molar-refractivity contribution < 1.29 is 9.90 Å². The van der Waals surface area contributed by atoms with E-state index in [0.717, 1.165) is 24.1 Å². The highest BCUT2D eigenvalue weighted by molar-refractivity contribution is 6.07. The molecule has 21 heavy (non-hydrogen) atoms. The van der Waals surface area contributed by atoms with E-state index in [-0.39, 0.29) is 11.7 Å². The van der Waals surface area contributed by atoms with Crippen LogP contribution in [0.25, 0.3) is 0 Å². The molecule has 1 aliphatic rings. The molecule has 108 valence electrons. The number of rotatable bonds is 1. The van der Waals surface area contributed by atoms with Gasteiger partial charge < -0.3 is 15.7 Å². The second-order valence-corrected chi connectivity index (χ2v) is 5.45. The summed E-state index contributed by atoms with van der Waals surface area (Å²) in [4.78, 5) is 14.5. The third-order valence-corrected chi connectivity index (χ3v) is 3.92. The number of hydrogen-bond donors (Lipinski definition) is 2. The van der Waals surface area contributed by atoms with Gasteiger partial charge in [-0.05, 0) is 61.2 Å². The minimum absolute atomic E-state index is 0.0512. The summed E-state index contributed by atoms with van der Waals surface area (Å²) in [6.45, 7) is 2.48. The quantitative estimate of drug-likeness (QED) is 0.790. The standard InChI is InChI=1S/C17H18N2O2/c1-11-9-13(5-7-16(11)20)17(21)19-8-2-3-12-4-6-14(18)10-15(12)19/h4-7,9-10,20H,2-3,8,18H2,1H3. The second-order valence-electron chi connectivity index (χ2n) is 5.45. The van der Waals surface area contributed by atoms with E-state index in [1.807, 2.05) is 18.2 Å². The van der Waals surface area contributed by atoms with Crippen LogP contribution in [0.5, 0.6) is 5.75 Å². The Bertz CT molecular complexity index is 710. The molecule has 0 unspecified atom stereocenters. The Morgan fingerprint density at radius 1 is 1.24 bits per heavy atom. The van der Waals surface area contributed by atoms with Crippen LogP contribution in [-0.2, 0) is 6.42 Å². The van der Waals surface area contributed by atoms with Crippen LogP contribution >= 0.6 is 0 Å². The minimum Gasteiger partial charge on any atom is -0.508 e. The first kappa shape index (κ1) is 13.5. The number of nitrogens with zero attached hydrogens (tertiary/aromatic N) is 1. The van der Waals surface area contributed by atoms with E-state index in [0.29, 0.717) is 23.4 Å². The van der Waals surface area contributed by atoms with Crippen LogP contribution in [0, 0.1) is 6.92 Å². The molecule has 1 amide bonds. The number of aromatic hydroxyl groups is 1. The van der Waals surface area contributed by atoms with Gasteiger partial charge in [-0.1, -0.05) is 6.07 Å². The highest BCUT2D eigenvalue weighted by Crippen LogP contribution is 2.30. The highest BCUT2D eigenvalue weighted by Gasteiger charge is 2.24. The van der Waals surface area contributed by atoms with Crippen molar-refractivity contribution in [2.75, 3.05) is 17.2 Å². The molecule has 0 aromatic heterocycles. The molecule has 0 bridgehead atoms. The summed E-state index contributed by atoms with van der Waals surface area (Å²) in [5.41, 5.74) is 9.85. The number of anilines is 2. The van der Waals surface area contributed by atoms with Gasteiger partial charge in [0, 0.05) is 23.5 Å². The van der Waals surface area contributed by atoms with E-state index in [2.05, 4.69) is 0 Å². The zero-order chi connectivity index (χ0) is 15.0. The molecular weight excluding hydrogens is 264 g/mol. The molecule has 0 saturated carbocycles. The number of benzene rings is 2. The van der Waals surface area contributed by atoms with Gasteiger partial charge in [0.05, 0.1) is 0 Å². The molecule has 0 radical (unpaired) electrons. The summed E-state index contributed by atoms with van der Waals surface area (Å²) in [5.74, 6) is 0.152. The van der Waals surface area contributed by atoms with Crippen molar-refractivity contribution in [2.45, 2.75) is 19.8 Å². The number of hydrogen-bond acceptors (Lipinski definition) is 3. The fraction of sp³-hybridized carbons (Fsp3) is 0.235. The molecule has 2 aromatic carbocycles. The summed E-state index contributed by atoms with van der Waals surface area (Å²) in [6, 6.07) is 10.7. The topological polar surface area (TPSA) is 66.6 Å². The Morgan fingerprint density at radius 3 is 2.81 bits per heavy atom. The highest BCUT2D eigenvalue weighted by atomic mass is 16.3. The van der Waals surface area contributed by atoms with Crippen molar-refractivity contribution in [1.82, 2.24) is 0 Å². The Morgan fingerprint density at radius 2 is 2.05 bits per heavy atom. The fourth-order valence-electron chi connectivity index (χ4n) is 2.75. The van der Waals surface area contributed by atoms with E-state index in [9.17, 15) is 9.90 Å². The molecule has 1 aliphatic heterocycles. The Balaban J connectivity index is 1.99. The van der Waals surface area contributed by atoms with Crippen LogP contribution in [0.1, 0.15) is 27.9 Å². The van der Waals surface area contributed by atoms with Crippen molar-refractivity contribution in [3.05, 3.63) is 53.1 Å². The molecule has 4 nitrogen and oxygen atoms in total. The number of nitrogens with two attached hydrogens (primary N) is 1. The summed E-state index contributed by atoms with van der Waals surface area (Å²) in [6.07, 6.45) is 1.91. The largest absolute Gasteiger partial charge is 0.508 e. The number of fused-ring (bicyclic) bond motifs is 1. The smallest absolute Gasteiger partial charge is 0.258 e. The maximum absolute atomic E-state index is 12.7. The van der Waals surface area contributed by atoms with Gasteiger partial charge in [0.1, 0.15) is 5.75 Å². The number of carbonyl (C=O) groups is 1. The molecule has 0 saturated heterocycles. The molecule has 0 aliphatic carbocycles. The van der Waals surface area contributed by atoms with Crippen LogP contribution in [0.3, 0.4) is 0 Å². The molecule has 0 fully saturated rings. The lowest BCUT2D eigenvalue weighted by Crippen LogP contribution is -2.35. The van der Waals surface area contributed by atoms with Crippen LogP contribution in [-0.4, -0.2) is 17.6 Å². The van der Waals surface area contributed by atoms with E-state index < -0.39 is 0 Å². The maximum atomic E-state index is 12.7. The van der Waals surface area contributed by atoms with Gasteiger partial charge in [0.2, 0.25) is 0 Å². The third-order valence-electron chi connectivity index (χ3n) is 3.92. The number of amides is 1. The van der Waals surface area contributed by atoms with Crippen LogP contribution in [0.4, 0.5) is 11.4 Å². The molecule has 2 aromatic rings. The summed E-state index contributed by atoms with van der Waals surface area (Å²) in [7, 11) is 0. The predicted molar refractivity (Wildman–Crippen MR) is 83.7 cm³/mol. The number of phenolic OH excluding ortho intramolecular Hbond substituents is 1. The van der Waals surface area contributed by atoms with Gasteiger partial charge in [0.25, 0.3) is 5.91 Å². The second kappa shape index (κ2) is 5.13. The third kappa shape index (κ3) is 2.44. The van der Waals surface area contributed by atoms with Crippen LogP contribution < -0.4 is 10.6 Å². The first-order valence-electron chi connectivity index (χ1n) is 7.06. The summed E-state index contributed by atoms with van der Waals surface area (Å²) < 4.78 is 0. The van der Waals surface area contributed by atoms with Gasteiger partial charge in [0.15, 0.2) is 0 Å². The Kier molecular flexibility index (Phi) is 3.29. The van der Waals surface area contributed by atoms with E-state index in [1.165, 1.54) is 0 Å². The fourth-order valence-corrected chi connectivity index (χ4v) is 2.75. The molecule has 4 heteroatoms. The van der Waals surface area contributed by atoms with Crippen molar-refractivity contribution in [3.8, 4) is 5.75 Å². The number of phenols is 1. The Hall–Kier alpha value is -2.49. The molecule has 3 rings (SSSR count). The number of carbonyl (C=O) groups excluding carboxylic acids is 1. The zero-order valence-corrected chi connectivity index (χ0v) is 12.0. The average molecular weight is 282 g/mol. The zero-order valence-electron chi connectivity index (χ0n) is 12.0. The molecule has 1 heterocycles. The van der Waals surface area contributed by atoms with Crippen molar-refractivity contribution in [3.63, 3.8) is 0 Å². The normalized spacial score (nSPS) is 13.9. The molecule has 0 spiro atoms. The lowest BCUT2D eigenvalue weighted by molar-refractivity contribution is 0.0985. The van der Waals surface area contributed by atoms with Gasteiger partial charge in [-0.25, -0.2) is 0 Å². The van der Waals surface area contributed by atoms with Crippen molar-refractivity contribution >= 4 is 17.3 Å². The number of aryl methyl sites for hydroxylation is 2. The molecule has 3 N–H and O–H groups in total. The van der Waals surface area contributed by atoms with Gasteiger partial charge in [-0.2, -0.15) is 0 Å². The molecule has 0 atom stereocenters. The lowest BCUT2D eigenvalue weighted by Gasteiger charge is -2.30. The molecular formula is C17H18N2O2. The maximum Gasteiger partial charge on any atom is 0.258 e. The Labute approximate surface area is 123 Å². The first-order valence-corrected chi connectivity index (χ1v) is 7.06. The summed E-state index contributed by atoms with van der Waals surface area (Å²) in [5, 5.41) is 9.59.